The molecule has 0 saturated heterocycles. The Balaban J connectivity index is 2.64. The van der Waals surface area contributed by atoms with E-state index in [0.29, 0.717) is 11.4 Å². The molecule has 0 aliphatic carbocycles. The Kier molecular flexibility index (Phi) is 4.09. The quantitative estimate of drug-likeness (QED) is 0.883. The van der Waals surface area contributed by atoms with E-state index in [-0.39, 0.29) is 11.2 Å². The Morgan fingerprint density at radius 1 is 1.15 bits per heavy atom. The third-order valence-corrected chi connectivity index (χ3v) is 3.61. The van der Waals surface area contributed by atoms with Crippen LogP contribution in [0.1, 0.15) is 26.5 Å². The van der Waals surface area contributed by atoms with E-state index in [1.54, 1.807) is 13.1 Å². The van der Waals surface area contributed by atoms with Crippen LogP contribution in [0.3, 0.4) is 0 Å². The van der Waals surface area contributed by atoms with Crippen LogP contribution < -0.4 is 5.32 Å². The molecule has 0 saturated carbocycles. The van der Waals surface area contributed by atoms with Gasteiger partial charge in [-0.2, -0.15) is 0 Å². The molecule has 2 aromatic rings. The first-order chi connectivity index (χ1) is 9.31. The molecule has 5 heteroatoms. The highest BCUT2D eigenvalue weighted by atomic mass is 79.9. The minimum Gasteiger partial charge on any atom is -0.373 e. The molecule has 106 valence electrons. The third-order valence-electron chi connectivity index (χ3n) is 2.92. The molecule has 1 aromatic heterocycles. The zero-order valence-corrected chi connectivity index (χ0v) is 13.5. The Bertz CT molecular complexity index is 636. The fourth-order valence-corrected chi connectivity index (χ4v) is 2.17. The molecule has 1 aromatic carbocycles. The van der Waals surface area contributed by atoms with Gasteiger partial charge in [-0.3, -0.25) is 0 Å². The van der Waals surface area contributed by atoms with E-state index >= 15 is 0 Å². The maximum absolute atomic E-state index is 13.5. The van der Waals surface area contributed by atoms with Gasteiger partial charge in [0, 0.05) is 28.6 Å². The number of hydrogen-bond donors (Lipinski definition) is 1. The highest BCUT2D eigenvalue weighted by Gasteiger charge is 2.19. The number of rotatable bonds is 2. The second-order valence-corrected chi connectivity index (χ2v) is 6.44. The Hall–Kier alpha value is -1.49. The summed E-state index contributed by atoms with van der Waals surface area (Å²) in [4.78, 5) is 9.00. The number of aromatic nitrogens is 2. The Morgan fingerprint density at radius 3 is 2.45 bits per heavy atom. The number of anilines is 1. The maximum Gasteiger partial charge on any atom is 0.163 e. The van der Waals surface area contributed by atoms with Gasteiger partial charge < -0.3 is 5.32 Å². The molecule has 3 nitrogen and oxygen atoms in total. The summed E-state index contributed by atoms with van der Waals surface area (Å²) in [5, 5.41) is 3.02. The van der Waals surface area contributed by atoms with E-state index in [9.17, 15) is 4.39 Å². The highest BCUT2D eigenvalue weighted by Crippen LogP contribution is 2.30. The lowest BCUT2D eigenvalue weighted by molar-refractivity contribution is 0.568. The molecule has 0 aliphatic rings. The van der Waals surface area contributed by atoms with Crippen LogP contribution in [-0.4, -0.2) is 17.0 Å². The van der Waals surface area contributed by atoms with Crippen molar-refractivity contribution in [1.29, 1.82) is 0 Å². The molecule has 0 spiro atoms. The lowest BCUT2D eigenvalue weighted by Gasteiger charge is -2.19. The zero-order valence-electron chi connectivity index (χ0n) is 12.0. The fraction of sp³-hybridized carbons (Fsp3) is 0.333. The molecule has 0 aliphatic heterocycles. The zero-order chi connectivity index (χ0) is 14.9. The van der Waals surface area contributed by atoms with E-state index in [1.165, 1.54) is 12.1 Å². The van der Waals surface area contributed by atoms with Gasteiger partial charge in [0.15, 0.2) is 5.82 Å². The number of benzene rings is 1. The first-order valence-corrected chi connectivity index (χ1v) is 7.13. The average molecular weight is 338 g/mol. The smallest absolute Gasteiger partial charge is 0.163 e. The molecule has 0 bridgehead atoms. The van der Waals surface area contributed by atoms with Crippen molar-refractivity contribution in [3.8, 4) is 11.4 Å². The van der Waals surface area contributed by atoms with Crippen LogP contribution in [0.25, 0.3) is 11.4 Å². The van der Waals surface area contributed by atoms with Crippen molar-refractivity contribution in [2.45, 2.75) is 26.2 Å². The van der Waals surface area contributed by atoms with Crippen molar-refractivity contribution in [2.75, 3.05) is 12.4 Å². The summed E-state index contributed by atoms with van der Waals surface area (Å²) < 4.78 is 14.2. The Labute approximate surface area is 126 Å². The molecule has 0 atom stereocenters. The largest absolute Gasteiger partial charge is 0.373 e. The summed E-state index contributed by atoms with van der Waals surface area (Å²) in [5.41, 5.74) is 1.44. The summed E-state index contributed by atoms with van der Waals surface area (Å²) in [6.45, 7) is 6.25. The van der Waals surface area contributed by atoms with Gasteiger partial charge in [0.2, 0.25) is 0 Å². The van der Waals surface area contributed by atoms with Crippen molar-refractivity contribution in [2.24, 2.45) is 0 Å². The van der Waals surface area contributed by atoms with Gasteiger partial charge in [-0.15, -0.1) is 0 Å². The van der Waals surface area contributed by atoms with Gasteiger partial charge >= 0.3 is 0 Å². The molecule has 2 rings (SSSR count). The summed E-state index contributed by atoms with van der Waals surface area (Å²) >= 11 is 3.42. The van der Waals surface area contributed by atoms with Gasteiger partial charge in [-0.1, -0.05) is 36.7 Å². The molecule has 0 fully saturated rings. The van der Waals surface area contributed by atoms with Gasteiger partial charge in [0.05, 0.1) is 5.69 Å². The molecule has 0 amide bonds. The standard InChI is InChI=1S/C15H17BrFN3/c1-15(2,3)12-8-13(18-4)20-14(19-12)10-7-9(17)5-6-11(10)16/h5-8H,1-4H3,(H,18,19,20). The van der Waals surface area contributed by atoms with Crippen LogP contribution in [0.2, 0.25) is 0 Å². The second kappa shape index (κ2) is 5.48. The van der Waals surface area contributed by atoms with Gasteiger partial charge in [-0.05, 0) is 18.2 Å². The van der Waals surface area contributed by atoms with Crippen LogP contribution in [0.4, 0.5) is 10.2 Å². The summed E-state index contributed by atoms with van der Waals surface area (Å²) in [5.74, 6) is 0.920. The third kappa shape index (κ3) is 3.15. The molecular formula is C15H17BrFN3. The van der Waals surface area contributed by atoms with Crippen LogP contribution in [0.15, 0.2) is 28.7 Å². The Morgan fingerprint density at radius 2 is 1.85 bits per heavy atom. The van der Waals surface area contributed by atoms with Crippen molar-refractivity contribution < 1.29 is 4.39 Å². The lowest BCUT2D eigenvalue weighted by Crippen LogP contribution is -2.15. The minimum absolute atomic E-state index is 0.108. The van der Waals surface area contributed by atoms with Crippen molar-refractivity contribution in [3.05, 3.63) is 40.2 Å². The van der Waals surface area contributed by atoms with Crippen molar-refractivity contribution >= 4 is 21.7 Å². The number of hydrogen-bond acceptors (Lipinski definition) is 3. The monoisotopic (exact) mass is 337 g/mol. The van der Waals surface area contributed by atoms with Gasteiger partial charge in [0.1, 0.15) is 11.6 Å². The van der Waals surface area contributed by atoms with Crippen molar-refractivity contribution in [3.63, 3.8) is 0 Å². The normalized spacial score (nSPS) is 11.5. The predicted octanol–water partition coefficient (Wildman–Crippen LogP) is 4.38. The molecular weight excluding hydrogens is 321 g/mol. The molecule has 20 heavy (non-hydrogen) atoms. The van der Waals surface area contributed by atoms with Crippen LogP contribution in [0, 0.1) is 5.82 Å². The molecule has 1 heterocycles. The SMILES string of the molecule is CNc1cc(C(C)(C)C)nc(-c2cc(F)ccc2Br)n1. The topological polar surface area (TPSA) is 37.8 Å². The number of nitrogens with zero attached hydrogens (tertiary/aromatic N) is 2. The molecule has 0 radical (unpaired) electrons. The molecule has 0 unspecified atom stereocenters. The number of halogens is 2. The van der Waals surface area contributed by atoms with Crippen LogP contribution >= 0.6 is 15.9 Å². The first kappa shape index (κ1) is 14.9. The summed E-state index contributed by atoms with van der Waals surface area (Å²) in [6.07, 6.45) is 0. The summed E-state index contributed by atoms with van der Waals surface area (Å²) in [7, 11) is 1.80. The van der Waals surface area contributed by atoms with Gasteiger partial charge in [-0.25, -0.2) is 14.4 Å². The second-order valence-electron chi connectivity index (χ2n) is 5.59. The number of nitrogens with one attached hydrogen (secondary N) is 1. The van der Waals surface area contributed by atoms with Crippen LogP contribution in [-0.2, 0) is 5.41 Å². The van der Waals surface area contributed by atoms with E-state index in [4.69, 9.17) is 0 Å². The molecule has 1 N–H and O–H groups in total. The average Bonchev–Trinajstić information content (AvgIpc) is 2.40. The van der Waals surface area contributed by atoms with E-state index in [0.717, 1.165) is 16.0 Å². The first-order valence-electron chi connectivity index (χ1n) is 6.34. The predicted molar refractivity (Wildman–Crippen MR) is 83.4 cm³/mol. The van der Waals surface area contributed by atoms with E-state index in [1.807, 2.05) is 6.07 Å². The lowest BCUT2D eigenvalue weighted by atomic mass is 9.92. The maximum atomic E-state index is 13.5. The van der Waals surface area contributed by atoms with E-state index < -0.39 is 0 Å². The van der Waals surface area contributed by atoms with Crippen LogP contribution in [0.5, 0.6) is 0 Å². The van der Waals surface area contributed by atoms with Gasteiger partial charge in [0.25, 0.3) is 0 Å². The highest BCUT2D eigenvalue weighted by molar-refractivity contribution is 9.10. The van der Waals surface area contributed by atoms with Crippen molar-refractivity contribution in [1.82, 2.24) is 9.97 Å². The van der Waals surface area contributed by atoms with E-state index in [2.05, 4.69) is 52.0 Å². The summed E-state index contributed by atoms with van der Waals surface area (Å²) in [6, 6.07) is 6.42. The minimum atomic E-state index is -0.307. The fourth-order valence-electron chi connectivity index (χ4n) is 1.75.